The first-order chi connectivity index (χ1) is 13.3. The van der Waals surface area contributed by atoms with Crippen molar-refractivity contribution in [1.82, 2.24) is 4.90 Å². The number of aliphatic hydroxyl groups excluding tert-OH is 1. The fraction of sp³-hybridized carbons (Fsp3) is 0.350. The Morgan fingerprint density at radius 2 is 1.82 bits per heavy atom. The van der Waals surface area contributed by atoms with Crippen molar-refractivity contribution in [1.29, 1.82) is 0 Å². The van der Waals surface area contributed by atoms with Gasteiger partial charge in [0.25, 0.3) is 5.91 Å². The molecule has 0 aromatic heterocycles. The van der Waals surface area contributed by atoms with E-state index in [1.165, 1.54) is 29.2 Å². The van der Waals surface area contributed by atoms with Gasteiger partial charge in [0.1, 0.15) is 17.6 Å². The highest BCUT2D eigenvalue weighted by molar-refractivity contribution is 5.83. The van der Waals surface area contributed by atoms with Crippen LogP contribution in [0.3, 0.4) is 0 Å². The second kappa shape index (κ2) is 8.10. The van der Waals surface area contributed by atoms with Gasteiger partial charge < -0.3 is 19.5 Å². The average molecular weight is 395 g/mol. The summed E-state index contributed by atoms with van der Waals surface area (Å²) in [5, 5.41) is 10.1. The van der Waals surface area contributed by atoms with Gasteiger partial charge >= 0.3 is 6.36 Å². The second-order valence-electron chi connectivity index (χ2n) is 6.40. The van der Waals surface area contributed by atoms with E-state index in [2.05, 4.69) is 4.74 Å². The number of rotatable bonds is 6. The quantitative estimate of drug-likeness (QED) is 0.808. The first kappa shape index (κ1) is 20.0. The molecule has 1 aliphatic heterocycles. The summed E-state index contributed by atoms with van der Waals surface area (Å²) in [6, 6.07) is 12.2. The predicted molar refractivity (Wildman–Crippen MR) is 94.7 cm³/mol. The van der Waals surface area contributed by atoms with Gasteiger partial charge in [-0.15, -0.1) is 13.2 Å². The molecule has 2 unspecified atom stereocenters. The first-order valence-electron chi connectivity index (χ1n) is 8.83. The molecule has 0 aliphatic carbocycles. The minimum Gasteiger partial charge on any atom is -0.494 e. The number of nitrogens with zero attached hydrogens (tertiary/aromatic N) is 1. The lowest BCUT2D eigenvalue weighted by molar-refractivity contribution is -0.274. The van der Waals surface area contributed by atoms with Gasteiger partial charge in [-0.05, 0) is 30.7 Å². The summed E-state index contributed by atoms with van der Waals surface area (Å²) in [6.45, 7) is 2.46. The summed E-state index contributed by atoms with van der Waals surface area (Å²) in [7, 11) is 0. The Labute approximate surface area is 160 Å². The van der Waals surface area contributed by atoms with E-state index in [9.17, 15) is 23.1 Å². The third kappa shape index (κ3) is 4.56. The van der Waals surface area contributed by atoms with Crippen molar-refractivity contribution in [3.63, 3.8) is 0 Å². The number of amides is 1. The number of halogens is 3. The molecule has 1 heterocycles. The van der Waals surface area contributed by atoms with Crippen LogP contribution in [0, 0.1) is 0 Å². The van der Waals surface area contributed by atoms with E-state index in [0.29, 0.717) is 17.9 Å². The number of benzene rings is 2. The summed E-state index contributed by atoms with van der Waals surface area (Å²) in [5.41, 5.74) is 1.40. The molecule has 5 nitrogen and oxygen atoms in total. The highest BCUT2D eigenvalue weighted by Gasteiger charge is 2.40. The number of aliphatic hydroxyl groups is 1. The molecule has 3 rings (SSSR count). The number of carbonyl (C=O) groups is 1. The average Bonchev–Trinajstić information content (AvgIpc) is 2.91. The molecule has 8 heteroatoms. The molecule has 150 valence electrons. The third-order valence-corrected chi connectivity index (χ3v) is 4.48. The number of para-hydroxylation sites is 1. The minimum absolute atomic E-state index is 0.146. The number of alkyl halides is 3. The molecule has 0 spiro atoms. The van der Waals surface area contributed by atoms with E-state index in [1.54, 1.807) is 6.07 Å². The molecule has 1 N–H and O–H groups in total. The van der Waals surface area contributed by atoms with E-state index in [0.717, 1.165) is 5.56 Å². The van der Waals surface area contributed by atoms with Crippen LogP contribution in [-0.2, 0) is 11.3 Å². The molecule has 0 saturated carbocycles. The van der Waals surface area contributed by atoms with Crippen LogP contribution in [0.4, 0.5) is 13.2 Å². The first-order valence-corrected chi connectivity index (χ1v) is 8.83. The summed E-state index contributed by atoms with van der Waals surface area (Å²) in [6.07, 6.45) is -5.67. The molecular weight excluding hydrogens is 375 g/mol. The number of carbonyl (C=O) groups excluding carboxylic acids is 1. The van der Waals surface area contributed by atoms with E-state index in [1.807, 2.05) is 25.1 Å². The molecule has 0 radical (unpaired) electrons. The molecular formula is C20H20F3NO4. The molecule has 0 bridgehead atoms. The van der Waals surface area contributed by atoms with Gasteiger partial charge in [0.2, 0.25) is 0 Å². The van der Waals surface area contributed by atoms with Crippen LogP contribution in [0.2, 0.25) is 0 Å². The normalized spacial score (nSPS) is 19.8. The smallest absolute Gasteiger partial charge is 0.494 e. The summed E-state index contributed by atoms with van der Waals surface area (Å²) in [5.74, 6) is -0.120. The largest absolute Gasteiger partial charge is 0.573 e. The maximum atomic E-state index is 12.5. The van der Waals surface area contributed by atoms with Crippen LogP contribution in [0.1, 0.15) is 30.5 Å². The Bertz CT molecular complexity index is 823. The predicted octanol–water partition coefficient (Wildman–Crippen LogP) is 3.82. The molecule has 2 aromatic rings. The fourth-order valence-corrected chi connectivity index (χ4v) is 3.30. The van der Waals surface area contributed by atoms with Gasteiger partial charge in [-0.25, -0.2) is 0 Å². The third-order valence-electron chi connectivity index (χ3n) is 4.48. The van der Waals surface area contributed by atoms with Crippen molar-refractivity contribution >= 4 is 5.91 Å². The summed E-state index contributed by atoms with van der Waals surface area (Å²) < 4.78 is 46.4. The topological polar surface area (TPSA) is 59.0 Å². The number of likely N-dealkylation sites (tertiary alicyclic amines) is 1. The molecule has 2 aromatic carbocycles. The van der Waals surface area contributed by atoms with Crippen LogP contribution >= 0.6 is 0 Å². The number of ether oxygens (including phenoxy) is 2. The van der Waals surface area contributed by atoms with Gasteiger partial charge in [0.05, 0.1) is 12.6 Å². The van der Waals surface area contributed by atoms with Gasteiger partial charge in [-0.1, -0.05) is 30.3 Å². The monoisotopic (exact) mass is 395 g/mol. The fourth-order valence-electron chi connectivity index (χ4n) is 3.30. The van der Waals surface area contributed by atoms with Crippen molar-refractivity contribution < 1.29 is 32.5 Å². The van der Waals surface area contributed by atoms with Gasteiger partial charge in [0.15, 0.2) is 0 Å². The molecule has 1 amide bonds. The van der Waals surface area contributed by atoms with Crippen LogP contribution in [0.15, 0.2) is 48.5 Å². The Morgan fingerprint density at radius 3 is 2.46 bits per heavy atom. The van der Waals surface area contributed by atoms with Crippen molar-refractivity contribution in [3.8, 4) is 11.5 Å². The van der Waals surface area contributed by atoms with Crippen LogP contribution in [0.25, 0.3) is 0 Å². The minimum atomic E-state index is -4.76. The number of hydrogen-bond donors (Lipinski definition) is 1. The molecule has 28 heavy (non-hydrogen) atoms. The van der Waals surface area contributed by atoms with Crippen LogP contribution in [-0.4, -0.2) is 35.0 Å². The lowest BCUT2D eigenvalue weighted by Crippen LogP contribution is -2.30. The Kier molecular flexibility index (Phi) is 5.79. The molecule has 1 aliphatic rings. The lowest BCUT2D eigenvalue weighted by atomic mass is 10.0. The molecule has 2 atom stereocenters. The van der Waals surface area contributed by atoms with E-state index in [4.69, 9.17) is 4.74 Å². The number of hydrogen-bond acceptors (Lipinski definition) is 4. The lowest BCUT2D eigenvalue weighted by Gasteiger charge is -2.26. The molecule has 1 fully saturated rings. The van der Waals surface area contributed by atoms with E-state index >= 15 is 0 Å². The van der Waals surface area contributed by atoms with Crippen molar-refractivity contribution in [3.05, 3.63) is 59.7 Å². The Balaban J connectivity index is 1.82. The summed E-state index contributed by atoms with van der Waals surface area (Å²) >= 11 is 0. The zero-order valence-corrected chi connectivity index (χ0v) is 15.1. The summed E-state index contributed by atoms with van der Waals surface area (Å²) in [4.78, 5) is 14.0. The maximum Gasteiger partial charge on any atom is 0.573 e. The highest BCUT2D eigenvalue weighted by Crippen LogP contribution is 2.39. The zero-order chi connectivity index (χ0) is 20.3. The molecule has 1 saturated heterocycles. The maximum absolute atomic E-state index is 12.5. The van der Waals surface area contributed by atoms with Crippen molar-refractivity contribution in [2.24, 2.45) is 0 Å². The van der Waals surface area contributed by atoms with Gasteiger partial charge in [0, 0.05) is 18.5 Å². The zero-order valence-electron chi connectivity index (χ0n) is 15.1. The van der Waals surface area contributed by atoms with Crippen molar-refractivity contribution in [2.45, 2.75) is 38.4 Å². The highest BCUT2D eigenvalue weighted by atomic mass is 19.4. The van der Waals surface area contributed by atoms with E-state index in [-0.39, 0.29) is 18.7 Å². The van der Waals surface area contributed by atoms with Crippen molar-refractivity contribution in [2.75, 3.05) is 6.61 Å². The standard InChI is InChI=1S/C20H20F3NO4/c1-2-27-18-6-4-3-5-15(18)16-11-17(25)19(26)24(16)12-13-7-9-14(10-8-13)28-20(21,22)23/h3-10,16-17,25H,2,11-12H2,1H3. The Morgan fingerprint density at radius 1 is 1.14 bits per heavy atom. The van der Waals surface area contributed by atoms with Crippen LogP contribution in [0.5, 0.6) is 11.5 Å². The van der Waals surface area contributed by atoms with Gasteiger partial charge in [-0.2, -0.15) is 0 Å². The SMILES string of the molecule is CCOc1ccccc1C1CC(O)C(=O)N1Cc1ccc(OC(F)(F)F)cc1. The Hall–Kier alpha value is -2.74. The second-order valence-corrected chi connectivity index (χ2v) is 6.40. The van der Waals surface area contributed by atoms with E-state index < -0.39 is 24.4 Å². The van der Waals surface area contributed by atoms with Crippen LogP contribution < -0.4 is 9.47 Å². The van der Waals surface area contributed by atoms with Gasteiger partial charge in [-0.3, -0.25) is 4.79 Å².